The Hall–Kier alpha value is -4.83. The Morgan fingerprint density at radius 3 is 2.28 bits per heavy atom. The zero-order valence-corrected chi connectivity index (χ0v) is 37.1. The Morgan fingerprint density at radius 2 is 1.66 bits per heavy atom. The maximum atomic E-state index is 14.7. The van der Waals surface area contributed by atoms with Crippen LogP contribution < -0.4 is 20.8 Å². The van der Waals surface area contributed by atoms with Gasteiger partial charge in [0, 0.05) is 93.6 Å². The maximum Gasteiger partial charge on any atom is 0.312 e. The molecule has 15 heteroatoms. The van der Waals surface area contributed by atoms with E-state index in [1.165, 1.54) is 27.2 Å². The van der Waals surface area contributed by atoms with Gasteiger partial charge in [0.2, 0.25) is 0 Å². The Labute approximate surface area is 356 Å². The summed E-state index contributed by atoms with van der Waals surface area (Å²) in [5.41, 5.74) is -0.111. The molecule has 61 heavy (non-hydrogen) atoms. The highest BCUT2D eigenvalue weighted by atomic mass is 16.7. The number of aromatic hydroxyl groups is 2. The molecule has 1 fully saturated rings. The monoisotopic (exact) mass is 846 g/mol. The molecule has 6 rings (SSSR count). The van der Waals surface area contributed by atoms with Gasteiger partial charge in [-0.15, -0.1) is 0 Å². The zero-order valence-electron chi connectivity index (χ0n) is 37.1. The number of hydrogen-bond donors (Lipinski definition) is 5. The number of allylic oxidation sites excluding steroid dienone is 2. The molecule has 5 N–H and O–H groups in total. The Bertz CT molecular complexity index is 2300. The average Bonchev–Trinajstić information content (AvgIpc) is 3.71. The highest BCUT2D eigenvalue weighted by Crippen LogP contribution is 2.51. The molecule has 2 aromatic carbocycles. The summed E-state index contributed by atoms with van der Waals surface area (Å²) in [5, 5.41) is 50.5. The Morgan fingerprint density at radius 1 is 0.984 bits per heavy atom. The molecule has 4 bridgehead atoms. The molecule has 0 saturated carbocycles. The first-order chi connectivity index (χ1) is 28.6. The van der Waals surface area contributed by atoms with Gasteiger partial charge < -0.3 is 49.6 Å². The summed E-state index contributed by atoms with van der Waals surface area (Å²) in [6.45, 7) is 19.6. The van der Waals surface area contributed by atoms with Crippen LogP contribution in [-0.4, -0.2) is 106 Å². The molecule has 0 unspecified atom stereocenters. The van der Waals surface area contributed by atoms with Gasteiger partial charge >= 0.3 is 11.8 Å². The molecule has 0 aromatic heterocycles. The number of piperidine rings is 1. The standard InChI is InChI=1S/C46H62N4O11/c1-22(2)21-50-18-16-46(17-19-50)48-34-31-32-39(54)28(8)42-33(31)43(56)45(10,61-42)59-20-15-30(58-11)25(5)41(60-29(9)51)27(7)38(53)26(6)37(52)23(3)13-12-14-24(4)44(57)47-36(40(32)55)35(34)49-46/h12-15,20,22-23,25-27,30,37-38,41,48,52-55H,16-19,21H2,1-11H3/t23-,25-,26+,27+,30-,37-,38+,41+,45-/m0/s1. The number of Topliss-reactive ketones (excluding diaryl/α,β-unsaturated/α-hetero) is 1. The molecular weight excluding hydrogens is 785 g/mol. The van der Waals surface area contributed by atoms with E-state index in [-0.39, 0.29) is 49.7 Å². The molecule has 0 radical (unpaired) electrons. The number of amides is 1. The number of esters is 1. The smallest absolute Gasteiger partial charge is 0.312 e. The van der Waals surface area contributed by atoms with Crippen molar-refractivity contribution in [3.63, 3.8) is 0 Å². The molecule has 0 aliphatic carbocycles. The van der Waals surface area contributed by atoms with Gasteiger partial charge in [-0.05, 0) is 25.8 Å². The fourth-order valence-corrected chi connectivity index (χ4v) is 9.24. The largest absolute Gasteiger partial charge is 0.507 e. The van der Waals surface area contributed by atoms with Crippen LogP contribution in [0.25, 0.3) is 10.8 Å². The van der Waals surface area contributed by atoms with Gasteiger partial charge in [-0.25, -0.2) is 4.99 Å². The summed E-state index contributed by atoms with van der Waals surface area (Å²) >= 11 is 0. The predicted octanol–water partition coefficient (Wildman–Crippen LogP) is 4.75. The molecule has 1 amide bonds. The summed E-state index contributed by atoms with van der Waals surface area (Å²) in [6, 6.07) is 0. The number of carbonyl (C=O) groups excluding carboxylic acids is 3. The second-order valence-electron chi connectivity index (χ2n) is 18.0. The number of phenolic OH excluding ortho intramolecular Hbond substituents is 2. The van der Waals surface area contributed by atoms with E-state index in [4.69, 9.17) is 23.9 Å². The number of ketones is 1. The number of nitrogens with zero attached hydrogens (tertiary/aromatic N) is 3. The number of aliphatic hydroxyl groups excluding tert-OH is 2. The Balaban J connectivity index is 1.55. The third-order valence-corrected chi connectivity index (χ3v) is 12.9. The van der Waals surface area contributed by atoms with Crippen LogP contribution in [0, 0.1) is 36.5 Å². The normalized spacial score (nSPS) is 30.8. The first-order valence-corrected chi connectivity index (χ1v) is 21.2. The predicted molar refractivity (Wildman–Crippen MR) is 228 cm³/mol. The number of ether oxygens (including phenoxy) is 4. The number of likely N-dealkylation sites (tertiary alicyclic amines) is 1. The summed E-state index contributed by atoms with van der Waals surface area (Å²) < 4.78 is 24.0. The highest BCUT2D eigenvalue weighted by Gasteiger charge is 2.51. The molecule has 1 spiro atoms. The number of anilines is 1. The van der Waals surface area contributed by atoms with E-state index in [1.807, 2.05) is 0 Å². The number of rotatable bonds is 4. The number of aliphatic hydroxyl groups is 2. The first-order valence-electron chi connectivity index (χ1n) is 21.2. The topological polar surface area (TPSA) is 209 Å². The summed E-state index contributed by atoms with van der Waals surface area (Å²) in [7, 11) is 1.47. The van der Waals surface area contributed by atoms with Crippen LogP contribution in [0.5, 0.6) is 17.2 Å². The average molecular weight is 847 g/mol. The molecule has 332 valence electrons. The molecule has 2 aromatic rings. The first kappa shape index (κ1) is 45.7. The van der Waals surface area contributed by atoms with Crippen molar-refractivity contribution in [1.82, 2.24) is 4.90 Å². The van der Waals surface area contributed by atoms with Crippen molar-refractivity contribution in [2.24, 2.45) is 39.6 Å². The van der Waals surface area contributed by atoms with E-state index >= 15 is 0 Å². The van der Waals surface area contributed by atoms with Gasteiger partial charge in [0.15, 0.2) is 5.75 Å². The second kappa shape index (κ2) is 17.5. The van der Waals surface area contributed by atoms with E-state index < -0.39 is 82.9 Å². The number of nitrogens with one attached hydrogen (secondary N) is 1. The number of methoxy groups -OCH3 is 1. The van der Waals surface area contributed by atoms with Crippen LogP contribution in [0.3, 0.4) is 0 Å². The summed E-state index contributed by atoms with van der Waals surface area (Å²) in [4.78, 5) is 52.9. The van der Waals surface area contributed by atoms with Crippen molar-refractivity contribution in [2.45, 2.75) is 118 Å². The number of benzene rings is 2. The third-order valence-electron chi connectivity index (χ3n) is 12.9. The summed E-state index contributed by atoms with van der Waals surface area (Å²) in [5.74, 6) is -6.57. The van der Waals surface area contributed by atoms with E-state index in [0.29, 0.717) is 24.4 Å². The van der Waals surface area contributed by atoms with E-state index in [0.717, 1.165) is 19.6 Å². The van der Waals surface area contributed by atoms with Gasteiger partial charge in [0.05, 0.1) is 41.2 Å². The van der Waals surface area contributed by atoms with Crippen molar-refractivity contribution in [3.8, 4) is 17.2 Å². The van der Waals surface area contributed by atoms with Gasteiger partial charge in [-0.3, -0.25) is 19.4 Å². The fraction of sp³-hybridized carbons (Fsp3) is 0.587. The number of phenols is 2. The van der Waals surface area contributed by atoms with E-state index in [9.17, 15) is 34.8 Å². The van der Waals surface area contributed by atoms with Crippen molar-refractivity contribution < 1.29 is 53.8 Å². The molecule has 4 heterocycles. The second-order valence-corrected chi connectivity index (χ2v) is 18.0. The van der Waals surface area contributed by atoms with Crippen LogP contribution in [0.15, 0.2) is 46.1 Å². The number of hydrogen-bond acceptors (Lipinski definition) is 14. The van der Waals surface area contributed by atoms with Gasteiger partial charge in [-0.1, -0.05) is 59.8 Å². The minimum Gasteiger partial charge on any atom is -0.507 e. The van der Waals surface area contributed by atoms with Crippen LogP contribution >= 0.6 is 0 Å². The minimum absolute atomic E-state index is 0.0538. The van der Waals surface area contributed by atoms with Crippen LogP contribution in [0.2, 0.25) is 0 Å². The van der Waals surface area contributed by atoms with Gasteiger partial charge in [0.1, 0.15) is 34.0 Å². The van der Waals surface area contributed by atoms with Gasteiger partial charge in [-0.2, -0.15) is 0 Å². The lowest BCUT2D eigenvalue weighted by atomic mass is 9.78. The lowest BCUT2D eigenvalue weighted by Gasteiger charge is -2.38. The fourth-order valence-electron chi connectivity index (χ4n) is 9.24. The molecular formula is C46H62N4O11. The quantitative estimate of drug-likeness (QED) is 0.208. The minimum atomic E-state index is -1.95. The summed E-state index contributed by atoms with van der Waals surface area (Å²) in [6.07, 6.45) is 5.07. The lowest BCUT2D eigenvalue weighted by molar-refractivity contribution is -0.160. The van der Waals surface area contributed by atoms with Crippen molar-refractivity contribution in [3.05, 3.63) is 58.0 Å². The van der Waals surface area contributed by atoms with Gasteiger partial charge in [0.25, 0.3) is 11.7 Å². The van der Waals surface area contributed by atoms with Crippen LogP contribution in [-0.2, 0) is 23.8 Å². The lowest BCUT2D eigenvalue weighted by Crippen LogP contribution is -2.47. The number of fused-ring (bicyclic) bond motifs is 1. The maximum absolute atomic E-state index is 14.7. The van der Waals surface area contributed by atoms with Crippen LogP contribution in [0.4, 0.5) is 5.69 Å². The molecule has 1 saturated heterocycles. The zero-order chi connectivity index (χ0) is 44.9. The molecule has 4 aliphatic heterocycles. The van der Waals surface area contributed by atoms with E-state index in [1.54, 1.807) is 65.8 Å². The Kier molecular flexibility index (Phi) is 13.1. The third kappa shape index (κ3) is 8.54. The van der Waals surface area contributed by atoms with Crippen molar-refractivity contribution in [1.29, 1.82) is 0 Å². The van der Waals surface area contributed by atoms with Crippen molar-refractivity contribution in [2.75, 3.05) is 32.1 Å². The van der Waals surface area contributed by atoms with Crippen LogP contribution in [0.1, 0.15) is 91.1 Å². The highest BCUT2D eigenvalue weighted by molar-refractivity contribution is 6.21. The molecule has 15 nitrogen and oxygen atoms in total. The number of carbonyl (C=O) groups is 3. The molecule has 9 atom stereocenters. The SMILES string of the molecule is CO[C@H]1C=CO[C@@]2(C)Oc3c(C)c(O)c4c(O)c(c5c(c4c3C2=O)NC2(CCN(CC(C)C)CC2)N=5)=NC(=O)C(C)=CC=C[C@H](C)[C@H](O)[C@@H](C)[C@@H](O)[C@@H](C)[C@H](OC(C)=O)[C@H]1C. The molecule has 4 aliphatic rings. The van der Waals surface area contributed by atoms with Crippen molar-refractivity contribution >= 4 is 34.1 Å². The van der Waals surface area contributed by atoms with E-state index in [2.05, 4.69) is 29.1 Å².